The molecule has 0 bridgehead atoms. The third kappa shape index (κ3) is 4.51. The standard InChI is InChI=1S/C18H24ClN3O2/c1-3-4-5-16-21-17(19)15(10-12(2)18(23)24)22(16)11-13-6-8-14(20)9-7-13/h6-9,12H,3-5,10-11,20H2,1-2H3,(H,23,24). The average Bonchev–Trinajstić information content (AvgIpc) is 2.83. The Morgan fingerprint density at radius 2 is 2.04 bits per heavy atom. The van der Waals surface area contributed by atoms with Gasteiger partial charge in [-0.1, -0.05) is 44.0 Å². The van der Waals surface area contributed by atoms with Gasteiger partial charge < -0.3 is 15.4 Å². The van der Waals surface area contributed by atoms with E-state index in [1.54, 1.807) is 6.92 Å². The lowest BCUT2D eigenvalue weighted by Gasteiger charge is -2.14. The zero-order valence-electron chi connectivity index (χ0n) is 14.1. The largest absolute Gasteiger partial charge is 0.481 e. The van der Waals surface area contributed by atoms with E-state index in [1.165, 1.54) is 0 Å². The molecule has 6 heteroatoms. The minimum atomic E-state index is -0.832. The number of unbranched alkanes of at least 4 members (excludes halogenated alkanes) is 1. The van der Waals surface area contributed by atoms with Gasteiger partial charge in [0.1, 0.15) is 5.82 Å². The number of aliphatic carboxylic acids is 1. The highest BCUT2D eigenvalue weighted by atomic mass is 35.5. The van der Waals surface area contributed by atoms with Crippen molar-refractivity contribution in [1.29, 1.82) is 0 Å². The van der Waals surface area contributed by atoms with Crippen molar-refractivity contribution in [1.82, 2.24) is 9.55 Å². The lowest BCUT2D eigenvalue weighted by Crippen LogP contribution is -2.16. The maximum atomic E-state index is 11.2. The molecule has 0 aliphatic rings. The SMILES string of the molecule is CCCCc1nc(Cl)c(CC(C)C(=O)O)n1Cc1ccc(N)cc1. The van der Waals surface area contributed by atoms with Crippen LogP contribution >= 0.6 is 11.6 Å². The fraction of sp³-hybridized carbons (Fsp3) is 0.444. The topological polar surface area (TPSA) is 81.1 Å². The van der Waals surface area contributed by atoms with E-state index < -0.39 is 11.9 Å². The zero-order chi connectivity index (χ0) is 17.7. The van der Waals surface area contributed by atoms with E-state index in [9.17, 15) is 9.90 Å². The summed E-state index contributed by atoms with van der Waals surface area (Å²) in [6, 6.07) is 7.66. The Morgan fingerprint density at radius 3 is 2.62 bits per heavy atom. The molecule has 2 aromatic rings. The monoisotopic (exact) mass is 349 g/mol. The summed E-state index contributed by atoms with van der Waals surface area (Å²) in [7, 11) is 0. The Kier molecular flexibility index (Phi) is 6.26. The van der Waals surface area contributed by atoms with E-state index in [1.807, 2.05) is 24.3 Å². The summed E-state index contributed by atoms with van der Waals surface area (Å²) in [4.78, 5) is 15.7. The molecule has 0 saturated heterocycles. The van der Waals surface area contributed by atoms with E-state index in [0.717, 1.165) is 36.3 Å². The molecule has 1 unspecified atom stereocenters. The maximum Gasteiger partial charge on any atom is 0.306 e. The number of nitrogens with zero attached hydrogens (tertiary/aromatic N) is 2. The molecular weight excluding hydrogens is 326 g/mol. The third-order valence-corrected chi connectivity index (χ3v) is 4.40. The quantitative estimate of drug-likeness (QED) is 0.711. The van der Waals surface area contributed by atoms with Gasteiger partial charge >= 0.3 is 5.97 Å². The summed E-state index contributed by atoms with van der Waals surface area (Å²) in [5.74, 6) is -0.434. The number of hydrogen-bond acceptors (Lipinski definition) is 3. The Balaban J connectivity index is 2.35. The second kappa shape index (κ2) is 8.20. The maximum absolute atomic E-state index is 11.2. The molecule has 0 aliphatic carbocycles. The number of nitrogen functional groups attached to an aromatic ring is 1. The van der Waals surface area contributed by atoms with E-state index in [0.29, 0.717) is 23.8 Å². The van der Waals surface area contributed by atoms with Gasteiger partial charge in [-0.3, -0.25) is 4.79 Å². The number of aryl methyl sites for hydroxylation is 1. The molecule has 1 heterocycles. The van der Waals surface area contributed by atoms with Gasteiger partial charge in [0.15, 0.2) is 5.15 Å². The van der Waals surface area contributed by atoms with Gasteiger partial charge in [0.25, 0.3) is 0 Å². The van der Waals surface area contributed by atoms with Crippen molar-refractivity contribution >= 4 is 23.3 Å². The van der Waals surface area contributed by atoms with Crippen LogP contribution in [0.25, 0.3) is 0 Å². The Hall–Kier alpha value is -2.01. The van der Waals surface area contributed by atoms with Gasteiger partial charge in [0.2, 0.25) is 0 Å². The number of imidazole rings is 1. The van der Waals surface area contributed by atoms with Crippen LogP contribution in [0.1, 0.15) is 43.8 Å². The van der Waals surface area contributed by atoms with Crippen LogP contribution in [-0.2, 0) is 24.2 Å². The Morgan fingerprint density at radius 1 is 1.38 bits per heavy atom. The summed E-state index contributed by atoms with van der Waals surface area (Å²) in [5, 5.41) is 9.61. The highest BCUT2D eigenvalue weighted by Gasteiger charge is 2.21. The van der Waals surface area contributed by atoms with Gasteiger partial charge in [0.05, 0.1) is 11.6 Å². The number of carbonyl (C=O) groups is 1. The van der Waals surface area contributed by atoms with Crippen LogP contribution < -0.4 is 5.73 Å². The Labute approximate surface area is 147 Å². The summed E-state index contributed by atoms with van der Waals surface area (Å²) >= 11 is 6.32. The van der Waals surface area contributed by atoms with Gasteiger partial charge in [0, 0.05) is 25.1 Å². The van der Waals surface area contributed by atoms with Crippen molar-refractivity contribution in [2.45, 2.75) is 46.1 Å². The zero-order valence-corrected chi connectivity index (χ0v) is 14.9. The number of rotatable bonds is 8. The van der Waals surface area contributed by atoms with Crippen LogP contribution in [0.15, 0.2) is 24.3 Å². The molecule has 130 valence electrons. The summed E-state index contributed by atoms with van der Waals surface area (Å²) in [5.41, 5.74) is 8.33. The Bertz CT molecular complexity index is 695. The normalized spacial score (nSPS) is 12.3. The number of halogens is 1. The number of aromatic nitrogens is 2. The molecule has 1 aromatic carbocycles. The van der Waals surface area contributed by atoms with Crippen molar-refractivity contribution in [3.63, 3.8) is 0 Å². The van der Waals surface area contributed by atoms with Gasteiger partial charge in [-0.2, -0.15) is 0 Å². The highest BCUT2D eigenvalue weighted by molar-refractivity contribution is 6.30. The van der Waals surface area contributed by atoms with E-state index in [-0.39, 0.29) is 0 Å². The van der Waals surface area contributed by atoms with Crippen LogP contribution in [0.5, 0.6) is 0 Å². The third-order valence-electron chi connectivity index (χ3n) is 4.10. The van der Waals surface area contributed by atoms with Crippen molar-refractivity contribution < 1.29 is 9.90 Å². The number of anilines is 1. The van der Waals surface area contributed by atoms with Gasteiger partial charge in [-0.05, 0) is 24.1 Å². The molecule has 24 heavy (non-hydrogen) atoms. The number of carboxylic acid groups (broad SMARTS) is 1. The second-order valence-electron chi connectivity index (χ2n) is 6.14. The summed E-state index contributed by atoms with van der Waals surface area (Å²) in [6.45, 7) is 4.42. The molecule has 1 aromatic heterocycles. The second-order valence-corrected chi connectivity index (χ2v) is 6.50. The average molecular weight is 350 g/mol. The molecule has 0 spiro atoms. The van der Waals surface area contributed by atoms with E-state index >= 15 is 0 Å². The smallest absolute Gasteiger partial charge is 0.306 e. The lowest BCUT2D eigenvalue weighted by atomic mass is 10.1. The fourth-order valence-corrected chi connectivity index (χ4v) is 2.87. The molecule has 5 nitrogen and oxygen atoms in total. The van der Waals surface area contributed by atoms with Crippen LogP contribution in [0.3, 0.4) is 0 Å². The van der Waals surface area contributed by atoms with Crippen molar-refractivity contribution in [3.05, 3.63) is 46.5 Å². The minimum Gasteiger partial charge on any atom is -0.481 e. The molecular formula is C18H24ClN3O2. The molecule has 0 amide bonds. The van der Waals surface area contributed by atoms with Gasteiger partial charge in [-0.15, -0.1) is 0 Å². The molecule has 3 N–H and O–H groups in total. The van der Waals surface area contributed by atoms with E-state index in [2.05, 4.69) is 16.5 Å². The number of hydrogen-bond donors (Lipinski definition) is 2. The summed E-state index contributed by atoms with van der Waals surface area (Å²) < 4.78 is 2.06. The summed E-state index contributed by atoms with van der Waals surface area (Å²) in [6.07, 6.45) is 3.27. The number of nitrogens with two attached hydrogens (primary N) is 1. The number of benzene rings is 1. The first-order valence-electron chi connectivity index (χ1n) is 8.23. The fourth-order valence-electron chi connectivity index (χ4n) is 2.60. The first-order valence-corrected chi connectivity index (χ1v) is 8.61. The van der Waals surface area contributed by atoms with E-state index in [4.69, 9.17) is 17.3 Å². The number of carboxylic acids is 1. The van der Waals surface area contributed by atoms with Crippen LogP contribution in [-0.4, -0.2) is 20.6 Å². The van der Waals surface area contributed by atoms with Crippen molar-refractivity contribution in [3.8, 4) is 0 Å². The molecule has 0 fully saturated rings. The van der Waals surface area contributed by atoms with Crippen LogP contribution in [0.2, 0.25) is 5.15 Å². The first kappa shape index (κ1) is 18.3. The highest BCUT2D eigenvalue weighted by Crippen LogP contribution is 2.24. The first-order chi connectivity index (χ1) is 11.4. The predicted octanol–water partition coefficient (Wildman–Crippen LogP) is 3.77. The van der Waals surface area contributed by atoms with Crippen molar-refractivity contribution in [2.75, 3.05) is 5.73 Å². The van der Waals surface area contributed by atoms with Gasteiger partial charge in [-0.25, -0.2) is 4.98 Å². The minimum absolute atomic E-state index is 0.363. The molecule has 2 rings (SSSR count). The lowest BCUT2D eigenvalue weighted by molar-refractivity contribution is -0.141. The molecule has 0 saturated carbocycles. The predicted molar refractivity (Wildman–Crippen MR) is 96.3 cm³/mol. The molecule has 0 radical (unpaired) electrons. The van der Waals surface area contributed by atoms with Crippen LogP contribution in [0, 0.1) is 5.92 Å². The molecule has 1 atom stereocenters. The van der Waals surface area contributed by atoms with Crippen molar-refractivity contribution in [2.24, 2.45) is 5.92 Å². The molecule has 0 aliphatic heterocycles. The van der Waals surface area contributed by atoms with Crippen LogP contribution in [0.4, 0.5) is 5.69 Å².